The highest BCUT2D eigenvalue weighted by Gasteiger charge is 2.21. The summed E-state index contributed by atoms with van der Waals surface area (Å²) in [5, 5.41) is 0. The van der Waals surface area contributed by atoms with Crippen LogP contribution in [0, 0.1) is 37.1 Å². The highest BCUT2D eigenvalue weighted by molar-refractivity contribution is 5.92. The summed E-state index contributed by atoms with van der Waals surface area (Å²) in [5.74, 6) is -7.81. The molecule has 0 bridgehead atoms. The lowest BCUT2D eigenvalue weighted by Gasteiger charge is -2.13. The van der Waals surface area contributed by atoms with Crippen molar-refractivity contribution in [3.63, 3.8) is 0 Å². The van der Waals surface area contributed by atoms with E-state index in [4.69, 9.17) is 4.74 Å². The van der Waals surface area contributed by atoms with Crippen LogP contribution in [0.15, 0.2) is 23.2 Å². The molecule has 0 aliphatic heterocycles. The topological polar surface area (TPSA) is 41.9 Å². The Hall–Kier alpha value is -2.90. The van der Waals surface area contributed by atoms with Crippen molar-refractivity contribution in [2.24, 2.45) is 4.99 Å². The number of halogens is 4. The smallest absolute Gasteiger partial charge is 0.338 e. The quantitative estimate of drug-likeness (QED) is 0.175. The van der Waals surface area contributed by atoms with Crippen molar-refractivity contribution >= 4 is 18.0 Å². The summed E-state index contributed by atoms with van der Waals surface area (Å²) < 4.78 is 58.1. The van der Waals surface area contributed by atoms with E-state index in [1.54, 1.807) is 26.3 Å². The molecule has 0 atom stereocenters. The molecule has 0 aliphatic rings. The molecule has 0 spiro atoms. The molecule has 2 aromatic carbocycles. The number of aliphatic imine (C=N–C) groups is 1. The van der Waals surface area contributed by atoms with Gasteiger partial charge in [-0.3, -0.25) is 0 Å². The molecule has 0 fully saturated rings. The van der Waals surface area contributed by atoms with Gasteiger partial charge in [-0.05, 0) is 50.1 Å². The Morgan fingerprint density at radius 1 is 1.11 bits per heavy atom. The molecule has 8 heteroatoms. The molecule has 0 radical (unpaired) electrons. The maximum Gasteiger partial charge on any atom is 0.338 e. The van der Waals surface area contributed by atoms with Crippen LogP contribution in [-0.4, -0.2) is 30.8 Å². The molecule has 0 aliphatic carbocycles. The second-order valence-corrected chi connectivity index (χ2v) is 6.24. The van der Waals surface area contributed by atoms with Gasteiger partial charge < -0.3 is 9.64 Å². The monoisotopic (exact) mass is 396 g/mol. The number of ether oxygens (including phenoxy) is 1. The first-order valence-corrected chi connectivity index (χ1v) is 8.50. The van der Waals surface area contributed by atoms with E-state index in [9.17, 15) is 22.4 Å². The molecule has 0 saturated carbocycles. The highest BCUT2D eigenvalue weighted by atomic mass is 19.2. The first-order chi connectivity index (χ1) is 13.2. The fourth-order valence-electron chi connectivity index (χ4n) is 2.36. The Morgan fingerprint density at radius 2 is 1.79 bits per heavy atom. The van der Waals surface area contributed by atoms with E-state index in [0.29, 0.717) is 17.3 Å². The molecular formula is C20H20F4N2O2. The molecule has 2 aromatic rings. The van der Waals surface area contributed by atoms with E-state index in [0.717, 1.165) is 12.1 Å². The summed E-state index contributed by atoms with van der Waals surface area (Å²) in [5.41, 5.74) is 1.64. The first-order valence-electron chi connectivity index (χ1n) is 8.50. The lowest BCUT2D eigenvalue weighted by atomic mass is 10.0. The number of nitrogens with zero attached hydrogens (tertiary/aromatic N) is 2. The van der Waals surface area contributed by atoms with Crippen LogP contribution >= 0.6 is 0 Å². The van der Waals surface area contributed by atoms with Gasteiger partial charge in [-0.2, -0.15) is 0 Å². The van der Waals surface area contributed by atoms with Gasteiger partial charge in [0.2, 0.25) is 0 Å². The number of hydrogen-bond acceptors (Lipinski definition) is 3. The van der Waals surface area contributed by atoms with E-state index in [2.05, 4.69) is 4.99 Å². The number of esters is 1. The molecule has 0 saturated heterocycles. The predicted molar refractivity (Wildman–Crippen MR) is 97.8 cm³/mol. The zero-order chi connectivity index (χ0) is 21.0. The first kappa shape index (κ1) is 21.4. The molecule has 0 unspecified atom stereocenters. The molecule has 0 N–H and O–H groups in total. The predicted octanol–water partition coefficient (Wildman–Crippen LogP) is 4.83. The normalized spacial score (nSPS) is 11.1. The van der Waals surface area contributed by atoms with Gasteiger partial charge in [0.05, 0.1) is 17.6 Å². The lowest BCUT2D eigenvalue weighted by Crippen LogP contribution is -2.14. The van der Waals surface area contributed by atoms with Crippen LogP contribution in [0.5, 0.6) is 0 Å². The lowest BCUT2D eigenvalue weighted by molar-refractivity contribution is 0.0466. The van der Waals surface area contributed by atoms with Crippen LogP contribution in [0.25, 0.3) is 0 Å². The largest absolute Gasteiger partial charge is 0.457 e. The summed E-state index contributed by atoms with van der Waals surface area (Å²) in [6.07, 6.45) is 1.67. The van der Waals surface area contributed by atoms with E-state index in [1.165, 1.54) is 6.07 Å². The number of benzene rings is 2. The van der Waals surface area contributed by atoms with Crippen molar-refractivity contribution in [2.75, 3.05) is 13.6 Å². The summed E-state index contributed by atoms with van der Waals surface area (Å²) in [6.45, 7) is 5.51. The second-order valence-electron chi connectivity index (χ2n) is 6.24. The van der Waals surface area contributed by atoms with Gasteiger partial charge in [0.15, 0.2) is 23.3 Å². The van der Waals surface area contributed by atoms with Crippen molar-refractivity contribution in [1.29, 1.82) is 0 Å². The average molecular weight is 396 g/mol. The van der Waals surface area contributed by atoms with Crippen molar-refractivity contribution in [3.05, 3.63) is 63.7 Å². The van der Waals surface area contributed by atoms with E-state index in [1.807, 2.05) is 18.9 Å². The number of rotatable bonds is 6. The van der Waals surface area contributed by atoms with Crippen LogP contribution in [0.3, 0.4) is 0 Å². The van der Waals surface area contributed by atoms with Crippen molar-refractivity contribution in [1.82, 2.24) is 4.90 Å². The van der Waals surface area contributed by atoms with Gasteiger partial charge >= 0.3 is 5.97 Å². The van der Waals surface area contributed by atoms with Crippen LogP contribution in [0.2, 0.25) is 0 Å². The second kappa shape index (κ2) is 8.86. The molecule has 2 rings (SSSR count). The van der Waals surface area contributed by atoms with Gasteiger partial charge in [0, 0.05) is 19.2 Å². The summed E-state index contributed by atoms with van der Waals surface area (Å²) in [4.78, 5) is 18.5. The van der Waals surface area contributed by atoms with E-state index >= 15 is 0 Å². The Bertz CT molecular complexity index is 929. The number of carbonyl (C=O) groups excluding carboxylic acids is 1. The Balaban J connectivity index is 2.20. The third kappa shape index (κ3) is 4.49. The molecule has 0 amide bonds. The van der Waals surface area contributed by atoms with Crippen LogP contribution in [0.1, 0.15) is 34.0 Å². The Labute approximate surface area is 160 Å². The summed E-state index contributed by atoms with van der Waals surface area (Å²) in [6, 6.07) is 3.60. The minimum Gasteiger partial charge on any atom is -0.457 e. The van der Waals surface area contributed by atoms with Gasteiger partial charge in [-0.25, -0.2) is 27.3 Å². The van der Waals surface area contributed by atoms with Crippen LogP contribution in [-0.2, 0) is 11.3 Å². The van der Waals surface area contributed by atoms with Gasteiger partial charge in [-0.15, -0.1) is 0 Å². The minimum absolute atomic E-state index is 0.212. The minimum atomic E-state index is -1.95. The molecule has 4 nitrogen and oxygen atoms in total. The summed E-state index contributed by atoms with van der Waals surface area (Å²) >= 11 is 0. The maximum absolute atomic E-state index is 13.7. The fraction of sp³-hybridized carbons (Fsp3) is 0.300. The molecule has 28 heavy (non-hydrogen) atoms. The highest BCUT2D eigenvalue weighted by Crippen LogP contribution is 2.26. The maximum atomic E-state index is 13.7. The zero-order valence-electron chi connectivity index (χ0n) is 15.9. The van der Waals surface area contributed by atoms with Crippen molar-refractivity contribution < 1.29 is 27.1 Å². The van der Waals surface area contributed by atoms with Crippen molar-refractivity contribution in [3.8, 4) is 0 Å². The molecular weight excluding hydrogens is 376 g/mol. The molecule has 150 valence electrons. The van der Waals surface area contributed by atoms with Gasteiger partial charge in [0.25, 0.3) is 0 Å². The van der Waals surface area contributed by atoms with Crippen molar-refractivity contribution in [2.45, 2.75) is 27.4 Å². The number of carbonyl (C=O) groups is 1. The molecule has 0 aromatic heterocycles. The molecule has 0 heterocycles. The Morgan fingerprint density at radius 3 is 2.43 bits per heavy atom. The standard InChI is InChI=1S/C20H20F4N2O2/c1-5-26(4)10-25-16-7-6-14(11(2)12(16)3)20(27)28-9-13-8-15(21)18(23)19(24)17(13)22/h6-8,10H,5,9H2,1-4H3/b25-10+. The van der Waals surface area contributed by atoms with E-state index < -0.39 is 41.4 Å². The van der Waals surface area contributed by atoms with Gasteiger partial charge in [-0.1, -0.05) is 0 Å². The fourth-order valence-corrected chi connectivity index (χ4v) is 2.36. The van der Waals surface area contributed by atoms with E-state index in [-0.39, 0.29) is 5.56 Å². The summed E-state index contributed by atoms with van der Waals surface area (Å²) in [7, 11) is 1.87. The number of hydrogen-bond donors (Lipinski definition) is 0. The third-order valence-corrected chi connectivity index (χ3v) is 4.41. The van der Waals surface area contributed by atoms with Crippen LogP contribution < -0.4 is 0 Å². The third-order valence-electron chi connectivity index (χ3n) is 4.41. The zero-order valence-corrected chi connectivity index (χ0v) is 15.9. The average Bonchev–Trinajstić information content (AvgIpc) is 2.68. The SMILES string of the molecule is CCN(C)/C=N/c1ccc(C(=O)OCc2cc(F)c(F)c(F)c2F)c(C)c1C. The van der Waals surface area contributed by atoms with Crippen LogP contribution in [0.4, 0.5) is 23.2 Å². The Kier molecular flexibility index (Phi) is 6.77. The van der Waals surface area contributed by atoms with Gasteiger partial charge in [0.1, 0.15) is 6.61 Å².